The largest absolute Gasteiger partial charge is 0.472 e. The van der Waals surface area contributed by atoms with Gasteiger partial charge in [0.2, 0.25) is 11.8 Å². The van der Waals surface area contributed by atoms with Crippen molar-refractivity contribution in [3.8, 4) is 5.88 Å². The number of nitrogens with zero attached hydrogens (tertiary/aromatic N) is 2. The molecular weight excluding hydrogens is 308 g/mol. The Morgan fingerprint density at radius 3 is 2.84 bits per heavy atom. The van der Waals surface area contributed by atoms with Gasteiger partial charge in [-0.3, -0.25) is 4.79 Å². The van der Waals surface area contributed by atoms with Crippen molar-refractivity contribution >= 4 is 21.8 Å². The molecule has 0 N–H and O–H groups in total. The Labute approximate surface area is 121 Å². The third-order valence-electron chi connectivity index (χ3n) is 3.90. The van der Waals surface area contributed by atoms with Crippen LogP contribution in [0.4, 0.5) is 0 Å². The first-order chi connectivity index (χ1) is 9.22. The lowest BCUT2D eigenvalue weighted by atomic mass is 9.84. The van der Waals surface area contributed by atoms with Gasteiger partial charge in [-0.2, -0.15) is 0 Å². The van der Waals surface area contributed by atoms with Crippen molar-refractivity contribution in [2.45, 2.75) is 31.8 Å². The molecule has 1 saturated carbocycles. The number of ether oxygens (including phenoxy) is 1. The highest BCUT2D eigenvalue weighted by Crippen LogP contribution is 2.30. The number of carbonyl (C=O) groups is 1. The summed E-state index contributed by atoms with van der Waals surface area (Å²) in [5.41, 5.74) is 0. The Kier molecular flexibility index (Phi) is 3.73. The average Bonchev–Trinajstić information content (AvgIpc) is 2.78. The lowest BCUT2D eigenvalue weighted by Gasteiger charge is -2.29. The van der Waals surface area contributed by atoms with E-state index < -0.39 is 0 Å². The Morgan fingerprint density at radius 2 is 2.21 bits per heavy atom. The molecule has 0 unspecified atom stereocenters. The molecule has 0 spiro atoms. The number of hydrogen-bond donors (Lipinski definition) is 0. The molecule has 2 heterocycles. The zero-order chi connectivity index (χ0) is 13.2. The molecule has 1 aliphatic carbocycles. The highest BCUT2D eigenvalue weighted by atomic mass is 79.9. The lowest BCUT2D eigenvalue weighted by Crippen LogP contribution is -2.38. The van der Waals surface area contributed by atoms with Gasteiger partial charge in [0.15, 0.2) is 0 Å². The Hall–Kier alpha value is -1.10. The molecular formula is C14H17BrN2O2. The van der Waals surface area contributed by atoms with Crippen LogP contribution < -0.4 is 4.74 Å². The van der Waals surface area contributed by atoms with Crippen LogP contribution in [0.3, 0.4) is 0 Å². The monoisotopic (exact) mass is 324 g/mol. The van der Waals surface area contributed by atoms with Gasteiger partial charge in [0.25, 0.3) is 0 Å². The first-order valence-electron chi connectivity index (χ1n) is 6.79. The summed E-state index contributed by atoms with van der Waals surface area (Å²) < 4.78 is 6.75. The van der Waals surface area contributed by atoms with E-state index >= 15 is 0 Å². The van der Waals surface area contributed by atoms with Crippen LogP contribution in [0, 0.1) is 5.92 Å². The van der Waals surface area contributed by atoms with E-state index in [4.69, 9.17) is 4.74 Å². The number of carbonyl (C=O) groups excluding carboxylic acids is 1. The number of amides is 1. The molecule has 102 valence electrons. The molecule has 19 heavy (non-hydrogen) atoms. The molecule has 2 aliphatic rings. The Morgan fingerprint density at radius 1 is 1.37 bits per heavy atom. The van der Waals surface area contributed by atoms with E-state index in [1.165, 1.54) is 6.42 Å². The predicted molar refractivity (Wildman–Crippen MR) is 74.9 cm³/mol. The molecule has 5 heteroatoms. The molecule has 0 aromatic carbocycles. The number of aromatic nitrogens is 1. The molecule has 0 bridgehead atoms. The summed E-state index contributed by atoms with van der Waals surface area (Å²) in [6, 6.07) is 3.76. The maximum Gasteiger partial charge on any atom is 0.225 e. The summed E-state index contributed by atoms with van der Waals surface area (Å²) in [5.74, 6) is 1.23. The van der Waals surface area contributed by atoms with Crippen molar-refractivity contribution in [1.82, 2.24) is 9.88 Å². The highest BCUT2D eigenvalue weighted by molar-refractivity contribution is 9.10. The molecule has 0 radical (unpaired) electrons. The van der Waals surface area contributed by atoms with Gasteiger partial charge in [-0.25, -0.2) is 4.98 Å². The Balaban J connectivity index is 1.54. The van der Waals surface area contributed by atoms with Gasteiger partial charge in [0.1, 0.15) is 6.10 Å². The number of hydrogen-bond acceptors (Lipinski definition) is 3. The molecule has 1 amide bonds. The molecule has 2 fully saturated rings. The topological polar surface area (TPSA) is 42.4 Å². The fraction of sp³-hybridized carbons (Fsp3) is 0.571. The number of pyridine rings is 1. The summed E-state index contributed by atoms with van der Waals surface area (Å²) in [6.45, 7) is 1.52. The van der Waals surface area contributed by atoms with Crippen LogP contribution in [0.1, 0.15) is 25.7 Å². The van der Waals surface area contributed by atoms with E-state index in [1.807, 2.05) is 17.0 Å². The summed E-state index contributed by atoms with van der Waals surface area (Å²) in [5, 5.41) is 0. The van der Waals surface area contributed by atoms with Crippen molar-refractivity contribution in [1.29, 1.82) is 0 Å². The zero-order valence-electron chi connectivity index (χ0n) is 10.7. The molecule has 4 nitrogen and oxygen atoms in total. The van der Waals surface area contributed by atoms with E-state index in [1.54, 1.807) is 6.20 Å². The summed E-state index contributed by atoms with van der Waals surface area (Å²) in [4.78, 5) is 18.3. The first kappa shape index (κ1) is 12.9. The lowest BCUT2D eigenvalue weighted by molar-refractivity contribution is -0.137. The summed E-state index contributed by atoms with van der Waals surface area (Å²) in [7, 11) is 0. The van der Waals surface area contributed by atoms with Crippen molar-refractivity contribution in [3.63, 3.8) is 0 Å². The van der Waals surface area contributed by atoms with Crippen molar-refractivity contribution < 1.29 is 9.53 Å². The van der Waals surface area contributed by atoms with Crippen LogP contribution in [0.15, 0.2) is 22.8 Å². The molecule has 1 atom stereocenters. The van der Waals surface area contributed by atoms with Gasteiger partial charge < -0.3 is 9.64 Å². The van der Waals surface area contributed by atoms with Gasteiger partial charge in [0.05, 0.1) is 6.54 Å². The second-order valence-corrected chi connectivity index (χ2v) is 6.17. The summed E-state index contributed by atoms with van der Waals surface area (Å²) in [6.07, 6.45) is 6.03. The van der Waals surface area contributed by atoms with Crippen molar-refractivity contribution in [3.05, 3.63) is 22.8 Å². The van der Waals surface area contributed by atoms with E-state index in [2.05, 4.69) is 20.9 Å². The van der Waals surface area contributed by atoms with Crippen LogP contribution in [0.5, 0.6) is 5.88 Å². The molecule has 1 aromatic rings. The molecule has 1 aromatic heterocycles. The third-order valence-corrected chi connectivity index (χ3v) is 4.37. The molecule has 1 saturated heterocycles. The Bertz CT molecular complexity index is 459. The standard InChI is InChI=1S/C14H17BrN2O2/c15-11-4-5-13(16-8-11)19-12-6-7-17(9-12)14(18)10-2-1-3-10/h4-5,8,10,12H,1-3,6-7,9H2/t12-/m1/s1. The van der Waals surface area contributed by atoms with Crippen LogP contribution in [0.2, 0.25) is 0 Å². The van der Waals surface area contributed by atoms with Crippen molar-refractivity contribution in [2.75, 3.05) is 13.1 Å². The van der Waals surface area contributed by atoms with Crippen LogP contribution >= 0.6 is 15.9 Å². The van der Waals surface area contributed by atoms with Gasteiger partial charge in [0, 0.05) is 35.6 Å². The SMILES string of the molecule is O=C(C1CCC1)N1CC[C@@H](Oc2ccc(Br)cn2)C1. The number of rotatable bonds is 3. The number of halogens is 1. The third kappa shape index (κ3) is 2.91. The second kappa shape index (κ2) is 5.49. The minimum Gasteiger partial charge on any atom is -0.472 e. The minimum absolute atomic E-state index is 0.0812. The minimum atomic E-state index is 0.0812. The van der Waals surface area contributed by atoms with E-state index in [9.17, 15) is 4.79 Å². The van der Waals surface area contributed by atoms with E-state index in [0.29, 0.717) is 18.3 Å². The highest BCUT2D eigenvalue weighted by Gasteiger charge is 2.34. The quantitative estimate of drug-likeness (QED) is 0.858. The van der Waals surface area contributed by atoms with Gasteiger partial charge in [-0.1, -0.05) is 6.42 Å². The first-order valence-corrected chi connectivity index (χ1v) is 7.58. The maximum absolute atomic E-state index is 12.1. The van der Waals surface area contributed by atoms with Gasteiger partial charge in [-0.05, 0) is 34.8 Å². The predicted octanol–water partition coefficient (Wildman–Crippen LogP) is 2.62. The number of likely N-dealkylation sites (tertiary alicyclic amines) is 1. The smallest absolute Gasteiger partial charge is 0.225 e. The summed E-state index contributed by atoms with van der Waals surface area (Å²) >= 11 is 3.35. The van der Waals surface area contributed by atoms with Crippen LogP contribution in [-0.2, 0) is 4.79 Å². The van der Waals surface area contributed by atoms with E-state index in [-0.39, 0.29) is 12.0 Å². The molecule has 3 rings (SSSR count). The maximum atomic E-state index is 12.1. The average molecular weight is 325 g/mol. The fourth-order valence-electron chi connectivity index (χ4n) is 2.54. The fourth-order valence-corrected chi connectivity index (χ4v) is 2.78. The second-order valence-electron chi connectivity index (χ2n) is 5.26. The van der Waals surface area contributed by atoms with Crippen LogP contribution in [0.25, 0.3) is 0 Å². The van der Waals surface area contributed by atoms with Crippen molar-refractivity contribution in [2.24, 2.45) is 5.92 Å². The normalized spacial score (nSPS) is 23.2. The van der Waals surface area contributed by atoms with Gasteiger partial charge in [-0.15, -0.1) is 0 Å². The van der Waals surface area contributed by atoms with E-state index in [0.717, 1.165) is 30.3 Å². The molecule has 1 aliphatic heterocycles. The zero-order valence-corrected chi connectivity index (χ0v) is 12.3. The van der Waals surface area contributed by atoms with Gasteiger partial charge >= 0.3 is 0 Å². The van der Waals surface area contributed by atoms with Crippen LogP contribution in [-0.4, -0.2) is 35.0 Å².